The van der Waals surface area contributed by atoms with E-state index in [4.69, 9.17) is 0 Å². The van der Waals surface area contributed by atoms with Crippen molar-refractivity contribution in [1.82, 2.24) is 9.88 Å². The Morgan fingerprint density at radius 1 is 1.18 bits per heavy atom. The van der Waals surface area contributed by atoms with Crippen molar-refractivity contribution in [3.8, 4) is 22.8 Å². The number of hydrogen-bond donors (Lipinski definition) is 1. The molecule has 2 aromatic rings. The molecule has 4 nitrogen and oxygen atoms in total. The molecule has 0 unspecified atom stereocenters. The quantitative estimate of drug-likeness (QED) is 0.939. The maximum atomic E-state index is 12.2. The van der Waals surface area contributed by atoms with Crippen LogP contribution in [0.25, 0.3) is 11.3 Å². The number of aromatic nitrogens is 1. The standard InChI is InChI=1S/C15H15F3N2O2/c1-20(2)9-10-3-5-13(19-8-10)12-7-11(4-6-14(12)21)22-15(16,17)18/h3-8,21H,9H2,1-2H3. The first-order valence-corrected chi connectivity index (χ1v) is 6.43. The molecule has 7 heteroatoms. The summed E-state index contributed by atoms with van der Waals surface area (Å²) in [6.07, 6.45) is -3.16. The third-order valence-electron chi connectivity index (χ3n) is 2.80. The molecule has 1 aromatic carbocycles. The van der Waals surface area contributed by atoms with Gasteiger partial charge >= 0.3 is 6.36 Å². The highest BCUT2D eigenvalue weighted by Gasteiger charge is 2.31. The van der Waals surface area contributed by atoms with Crippen LogP contribution in [0.3, 0.4) is 0 Å². The zero-order valence-electron chi connectivity index (χ0n) is 12.1. The molecule has 0 fully saturated rings. The predicted octanol–water partition coefficient (Wildman–Crippen LogP) is 3.41. The van der Waals surface area contributed by atoms with Crippen LogP contribution < -0.4 is 4.74 Å². The molecule has 0 saturated heterocycles. The van der Waals surface area contributed by atoms with Gasteiger partial charge in [-0.15, -0.1) is 13.2 Å². The summed E-state index contributed by atoms with van der Waals surface area (Å²) >= 11 is 0. The lowest BCUT2D eigenvalue weighted by Crippen LogP contribution is -2.17. The molecular formula is C15H15F3N2O2. The van der Waals surface area contributed by atoms with E-state index < -0.39 is 12.1 Å². The first-order chi connectivity index (χ1) is 10.2. The number of alkyl halides is 3. The van der Waals surface area contributed by atoms with Gasteiger partial charge in [0.2, 0.25) is 0 Å². The summed E-state index contributed by atoms with van der Waals surface area (Å²) in [6.45, 7) is 0.691. The van der Waals surface area contributed by atoms with Gasteiger partial charge in [-0.2, -0.15) is 0 Å². The second-order valence-corrected chi connectivity index (χ2v) is 5.02. The summed E-state index contributed by atoms with van der Waals surface area (Å²) in [5, 5.41) is 9.82. The molecule has 22 heavy (non-hydrogen) atoms. The van der Waals surface area contributed by atoms with Crippen molar-refractivity contribution in [3.63, 3.8) is 0 Å². The molecule has 0 aliphatic rings. The number of aromatic hydroxyl groups is 1. The van der Waals surface area contributed by atoms with E-state index in [0.717, 1.165) is 23.8 Å². The van der Waals surface area contributed by atoms with Gasteiger partial charge in [-0.05, 0) is 43.9 Å². The maximum absolute atomic E-state index is 12.2. The second-order valence-electron chi connectivity index (χ2n) is 5.02. The lowest BCUT2D eigenvalue weighted by Gasteiger charge is -2.12. The van der Waals surface area contributed by atoms with Crippen molar-refractivity contribution in [3.05, 3.63) is 42.1 Å². The van der Waals surface area contributed by atoms with Crippen LogP contribution in [-0.2, 0) is 6.54 Å². The van der Waals surface area contributed by atoms with E-state index in [1.54, 1.807) is 18.3 Å². The Labute approximate surface area is 125 Å². The molecule has 118 valence electrons. The van der Waals surface area contributed by atoms with Crippen LogP contribution in [0.5, 0.6) is 11.5 Å². The number of nitrogens with zero attached hydrogens (tertiary/aromatic N) is 2. The van der Waals surface area contributed by atoms with Crippen molar-refractivity contribution in [1.29, 1.82) is 0 Å². The van der Waals surface area contributed by atoms with Crippen molar-refractivity contribution in [2.24, 2.45) is 0 Å². The molecule has 0 aliphatic carbocycles. The fraction of sp³-hybridized carbons (Fsp3) is 0.267. The first-order valence-electron chi connectivity index (χ1n) is 6.43. The molecular weight excluding hydrogens is 297 g/mol. The summed E-state index contributed by atoms with van der Waals surface area (Å²) in [4.78, 5) is 6.14. The summed E-state index contributed by atoms with van der Waals surface area (Å²) < 4.78 is 40.6. The SMILES string of the molecule is CN(C)Cc1ccc(-c2cc(OC(F)(F)F)ccc2O)nc1. The molecule has 2 rings (SSSR count). The Balaban J connectivity index is 2.29. The summed E-state index contributed by atoms with van der Waals surface area (Å²) in [6, 6.07) is 6.75. The smallest absolute Gasteiger partial charge is 0.507 e. The number of ether oxygens (including phenoxy) is 1. The number of phenols is 1. The minimum atomic E-state index is -4.78. The van der Waals surface area contributed by atoms with Gasteiger partial charge in [0.05, 0.1) is 5.69 Å². The number of rotatable bonds is 4. The minimum Gasteiger partial charge on any atom is -0.507 e. The van der Waals surface area contributed by atoms with Gasteiger partial charge in [-0.1, -0.05) is 6.07 Å². The molecule has 1 heterocycles. The first kappa shape index (κ1) is 16.1. The zero-order valence-corrected chi connectivity index (χ0v) is 12.1. The van der Waals surface area contributed by atoms with E-state index in [2.05, 4.69) is 9.72 Å². The van der Waals surface area contributed by atoms with Crippen LogP contribution >= 0.6 is 0 Å². The van der Waals surface area contributed by atoms with Crippen LogP contribution in [0.15, 0.2) is 36.5 Å². The number of pyridine rings is 1. The molecule has 1 N–H and O–H groups in total. The number of phenolic OH excluding ortho intramolecular Hbond substituents is 1. The summed E-state index contributed by atoms with van der Waals surface area (Å²) in [5.74, 6) is -0.568. The van der Waals surface area contributed by atoms with E-state index in [1.165, 1.54) is 0 Å². The van der Waals surface area contributed by atoms with E-state index in [-0.39, 0.29) is 11.3 Å². The maximum Gasteiger partial charge on any atom is 0.573 e. The van der Waals surface area contributed by atoms with E-state index in [9.17, 15) is 18.3 Å². The fourth-order valence-electron chi connectivity index (χ4n) is 1.96. The fourth-order valence-corrected chi connectivity index (χ4v) is 1.96. The van der Waals surface area contributed by atoms with Crippen molar-refractivity contribution < 1.29 is 23.0 Å². The highest BCUT2D eigenvalue weighted by Crippen LogP contribution is 2.33. The van der Waals surface area contributed by atoms with Gasteiger partial charge < -0.3 is 14.7 Å². The van der Waals surface area contributed by atoms with Crippen LogP contribution in [0, 0.1) is 0 Å². The molecule has 0 aliphatic heterocycles. The molecule has 1 aromatic heterocycles. The monoisotopic (exact) mass is 312 g/mol. The molecule has 0 saturated carbocycles. The van der Waals surface area contributed by atoms with E-state index in [0.29, 0.717) is 12.2 Å². The lowest BCUT2D eigenvalue weighted by molar-refractivity contribution is -0.274. The second kappa shape index (κ2) is 6.23. The van der Waals surface area contributed by atoms with Gasteiger partial charge in [0.1, 0.15) is 11.5 Å². The van der Waals surface area contributed by atoms with Crippen LogP contribution in [0.4, 0.5) is 13.2 Å². The van der Waals surface area contributed by atoms with E-state index in [1.807, 2.05) is 19.0 Å². The largest absolute Gasteiger partial charge is 0.573 e. The summed E-state index contributed by atoms with van der Waals surface area (Å²) in [5.41, 5.74) is 1.50. The van der Waals surface area contributed by atoms with Crippen molar-refractivity contribution >= 4 is 0 Å². The molecule has 0 amide bonds. The average molecular weight is 312 g/mol. The Bertz CT molecular complexity index is 640. The summed E-state index contributed by atoms with van der Waals surface area (Å²) in [7, 11) is 3.83. The predicted molar refractivity (Wildman–Crippen MR) is 75.4 cm³/mol. The van der Waals surface area contributed by atoms with Crippen LogP contribution in [0.1, 0.15) is 5.56 Å². The van der Waals surface area contributed by atoms with Crippen molar-refractivity contribution in [2.75, 3.05) is 14.1 Å². The van der Waals surface area contributed by atoms with Gasteiger partial charge in [-0.25, -0.2) is 0 Å². The molecule has 0 spiro atoms. The highest BCUT2D eigenvalue weighted by atomic mass is 19.4. The number of hydrogen-bond acceptors (Lipinski definition) is 4. The lowest BCUT2D eigenvalue weighted by atomic mass is 10.1. The topological polar surface area (TPSA) is 45.6 Å². The number of benzene rings is 1. The van der Waals surface area contributed by atoms with Gasteiger partial charge in [0, 0.05) is 18.3 Å². The number of halogens is 3. The Kier molecular flexibility index (Phi) is 4.56. The minimum absolute atomic E-state index is 0.164. The normalized spacial score (nSPS) is 11.7. The van der Waals surface area contributed by atoms with Gasteiger partial charge in [0.25, 0.3) is 0 Å². The average Bonchev–Trinajstić information content (AvgIpc) is 2.40. The zero-order chi connectivity index (χ0) is 16.3. The third-order valence-corrected chi connectivity index (χ3v) is 2.80. The van der Waals surface area contributed by atoms with Gasteiger partial charge in [0.15, 0.2) is 0 Å². The van der Waals surface area contributed by atoms with Crippen molar-refractivity contribution in [2.45, 2.75) is 12.9 Å². The van der Waals surface area contributed by atoms with Crippen LogP contribution in [0.2, 0.25) is 0 Å². The Morgan fingerprint density at radius 3 is 2.45 bits per heavy atom. The Hall–Kier alpha value is -2.28. The van der Waals surface area contributed by atoms with Crippen LogP contribution in [-0.4, -0.2) is 35.4 Å². The van der Waals surface area contributed by atoms with Gasteiger partial charge in [-0.3, -0.25) is 4.98 Å². The highest BCUT2D eigenvalue weighted by molar-refractivity contribution is 5.68. The molecule has 0 bridgehead atoms. The Morgan fingerprint density at radius 2 is 1.91 bits per heavy atom. The molecule has 0 radical (unpaired) electrons. The molecule has 0 atom stereocenters. The third kappa shape index (κ3) is 4.36. The van der Waals surface area contributed by atoms with E-state index >= 15 is 0 Å².